The highest BCUT2D eigenvalue weighted by Crippen LogP contribution is 2.20. The zero-order valence-electron chi connectivity index (χ0n) is 12.4. The minimum absolute atomic E-state index is 0.0400. The topological polar surface area (TPSA) is 65.7 Å². The molecule has 0 aliphatic heterocycles. The highest BCUT2D eigenvalue weighted by atomic mass is 16.5. The van der Waals surface area contributed by atoms with E-state index in [2.05, 4.69) is 4.74 Å². The molecule has 0 radical (unpaired) electrons. The van der Waals surface area contributed by atoms with Crippen molar-refractivity contribution < 1.29 is 23.5 Å². The maximum atomic E-state index is 12.3. The molecule has 0 spiro atoms. The van der Waals surface area contributed by atoms with Gasteiger partial charge in [-0.25, -0.2) is 9.59 Å². The Morgan fingerprint density at radius 3 is 2.61 bits per heavy atom. The number of benzene rings is 2. The summed E-state index contributed by atoms with van der Waals surface area (Å²) in [6, 6.07) is 14.6. The van der Waals surface area contributed by atoms with E-state index in [1.165, 1.54) is 13.4 Å². The van der Waals surface area contributed by atoms with Gasteiger partial charge in [0.05, 0.1) is 18.9 Å². The van der Waals surface area contributed by atoms with E-state index in [4.69, 9.17) is 9.15 Å². The number of carbonyl (C=O) groups excluding carboxylic acids is 2. The van der Waals surface area contributed by atoms with Crippen molar-refractivity contribution in [3.8, 4) is 0 Å². The van der Waals surface area contributed by atoms with E-state index in [1.54, 1.807) is 18.2 Å². The molecule has 5 nitrogen and oxygen atoms in total. The van der Waals surface area contributed by atoms with E-state index in [-0.39, 0.29) is 12.4 Å². The molecule has 0 saturated carbocycles. The minimum Gasteiger partial charge on any atom is -0.463 e. The summed E-state index contributed by atoms with van der Waals surface area (Å²) < 4.78 is 15.0. The van der Waals surface area contributed by atoms with Gasteiger partial charge in [0.25, 0.3) is 0 Å². The molecule has 0 fully saturated rings. The van der Waals surface area contributed by atoms with Crippen LogP contribution in [0.15, 0.2) is 59.2 Å². The van der Waals surface area contributed by atoms with Crippen LogP contribution in [0.5, 0.6) is 0 Å². The predicted octanol–water partition coefficient (Wildman–Crippen LogP) is 3.58. The molecule has 5 heteroatoms. The summed E-state index contributed by atoms with van der Waals surface area (Å²) in [7, 11) is 1.26. The Morgan fingerprint density at radius 2 is 1.78 bits per heavy atom. The van der Waals surface area contributed by atoms with E-state index in [0.717, 1.165) is 10.8 Å². The summed E-state index contributed by atoms with van der Waals surface area (Å²) in [6.07, 6.45) is 1.35. The molecule has 1 aromatic heterocycles. The lowest BCUT2D eigenvalue weighted by atomic mass is 10.0. The Hall–Kier alpha value is -3.08. The summed E-state index contributed by atoms with van der Waals surface area (Å²) in [4.78, 5) is 23.9. The summed E-state index contributed by atoms with van der Waals surface area (Å²) in [5.41, 5.74) is 0.941. The van der Waals surface area contributed by atoms with Gasteiger partial charge in [-0.3, -0.25) is 0 Å². The van der Waals surface area contributed by atoms with E-state index >= 15 is 0 Å². The van der Waals surface area contributed by atoms with Gasteiger partial charge in [0, 0.05) is 5.56 Å². The van der Waals surface area contributed by atoms with Crippen LogP contribution in [0.4, 0.5) is 0 Å². The van der Waals surface area contributed by atoms with Gasteiger partial charge in [-0.15, -0.1) is 0 Å². The maximum Gasteiger partial charge on any atom is 0.374 e. The number of esters is 2. The minimum atomic E-state index is -0.605. The van der Waals surface area contributed by atoms with Gasteiger partial charge in [0.2, 0.25) is 5.76 Å². The van der Waals surface area contributed by atoms with Crippen LogP contribution in [-0.4, -0.2) is 19.0 Å². The molecule has 0 amide bonds. The van der Waals surface area contributed by atoms with E-state index in [1.807, 2.05) is 30.3 Å². The summed E-state index contributed by atoms with van der Waals surface area (Å²) >= 11 is 0. The number of hydrogen-bond donors (Lipinski definition) is 0. The van der Waals surface area contributed by atoms with Gasteiger partial charge in [0.1, 0.15) is 6.61 Å². The monoisotopic (exact) mass is 310 g/mol. The first-order chi connectivity index (χ1) is 11.2. The number of rotatable bonds is 4. The van der Waals surface area contributed by atoms with Crippen molar-refractivity contribution in [2.24, 2.45) is 0 Å². The largest absolute Gasteiger partial charge is 0.463 e. The molecule has 0 N–H and O–H groups in total. The highest BCUT2D eigenvalue weighted by molar-refractivity contribution is 6.04. The smallest absolute Gasteiger partial charge is 0.374 e. The van der Waals surface area contributed by atoms with E-state index < -0.39 is 11.9 Å². The van der Waals surface area contributed by atoms with Gasteiger partial charge in [-0.2, -0.15) is 0 Å². The van der Waals surface area contributed by atoms with Crippen LogP contribution in [0, 0.1) is 0 Å². The third kappa shape index (κ3) is 2.94. The summed E-state index contributed by atoms with van der Waals surface area (Å²) in [5.74, 6) is -1.02. The number of carbonyl (C=O) groups is 2. The Labute approximate surface area is 132 Å². The maximum absolute atomic E-state index is 12.3. The molecule has 0 atom stereocenters. The van der Waals surface area contributed by atoms with Crippen molar-refractivity contribution in [1.82, 2.24) is 0 Å². The van der Waals surface area contributed by atoms with Crippen molar-refractivity contribution in [3.05, 3.63) is 71.7 Å². The zero-order chi connectivity index (χ0) is 16.2. The average Bonchev–Trinajstić information content (AvgIpc) is 3.07. The van der Waals surface area contributed by atoms with Crippen molar-refractivity contribution in [3.63, 3.8) is 0 Å². The molecule has 0 aliphatic carbocycles. The molecular weight excluding hydrogens is 296 g/mol. The molecule has 3 aromatic rings. The summed E-state index contributed by atoms with van der Waals surface area (Å²) in [5, 5.41) is 1.78. The standard InChI is InChI=1S/C18H14O5/c1-21-18(20)16-13(9-10-22-16)11-23-17(19)15-8-4-6-12-5-2-3-7-14(12)15/h2-10H,11H2,1H3. The van der Waals surface area contributed by atoms with Crippen molar-refractivity contribution in [2.45, 2.75) is 6.61 Å². The predicted molar refractivity (Wildman–Crippen MR) is 83.1 cm³/mol. The van der Waals surface area contributed by atoms with Crippen LogP contribution in [-0.2, 0) is 16.1 Å². The van der Waals surface area contributed by atoms with Crippen LogP contribution in [0.25, 0.3) is 10.8 Å². The van der Waals surface area contributed by atoms with Crippen LogP contribution in [0.3, 0.4) is 0 Å². The second-order valence-electron chi connectivity index (χ2n) is 4.87. The lowest BCUT2D eigenvalue weighted by molar-refractivity contribution is 0.0455. The lowest BCUT2D eigenvalue weighted by Gasteiger charge is -2.07. The van der Waals surface area contributed by atoms with Crippen LogP contribution in [0.1, 0.15) is 26.5 Å². The Balaban J connectivity index is 1.80. The van der Waals surface area contributed by atoms with E-state index in [0.29, 0.717) is 11.1 Å². The van der Waals surface area contributed by atoms with E-state index in [9.17, 15) is 9.59 Å². The Morgan fingerprint density at radius 1 is 1.00 bits per heavy atom. The van der Waals surface area contributed by atoms with Gasteiger partial charge in [0.15, 0.2) is 0 Å². The first-order valence-electron chi connectivity index (χ1n) is 7.00. The SMILES string of the molecule is COC(=O)c1occc1COC(=O)c1cccc2ccccc12. The normalized spacial score (nSPS) is 10.5. The number of methoxy groups -OCH3 is 1. The third-order valence-corrected chi connectivity index (χ3v) is 3.49. The second kappa shape index (κ2) is 6.36. The fourth-order valence-corrected chi connectivity index (χ4v) is 2.35. The Bertz CT molecular complexity index is 857. The van der Waals surface area contributed by atoms with Gasteiger partial charge in [-0.05, 0) is 22.9 Å². The molecule has 0 bridgehead atoms. The third-order valence-electron chi connectivity index (χ3n) is 3.49. The average molecular weight is 310 g/mol. The van der Waals surface area contributed by atoms with Crippen molar-refractivity contribution >= 4 is 22.7 Å². The summed E-state index contributed by atoms with van der Waals surface area (Å²) in [6.45, 7) is -0.0665. The van der Waals surface area contributed by atoms with Crippen molar-refractivity contribution in [1.29, 1.82) is 0 Å². The highest BCUT2D eigenvalue weighted by Gasteiger charge is 2.18. The first kappa shape index (κ1) is 14.8. The Kier molecular flexibility index (Phi) is 4.10. The number of ether oxygens (including phenoxy) is 2. The quantitative estimate of drug-likeness (QED) is 0.689. The number of fused-ring (bicyclic) bond motifs is 1. The molecule has 2 aromatic carbocycles. The number of furan rings is 1. The molecular formula is C18H14O5. The van der Waals surface area contributed by atoms with Gasteiger partial charge < -0.3 is 13.9 Å². The van der Waals surface area contributed by atoms with Crippen LogP contribution >= 0.6 is 0 Å². The lowest BCUT2D eigenvalue weighted by Crippen LogP contribution is -2.08. The van der Waals surface area contributed by atoms with Crippen LogP contribution in [0.2, 0.25) is 0 Å². The molecule has 0 unspecified atom stereocenters. The molecule has 23 heavy (non-hydrogen) atoms. The second-order valence-corrected chi connectivity index (χ2v) is 4.87. The fraction of sp³-hybridized carbons (Fsp3) is 0.111. The molecule has 3 rings (SSSR count). The molecule has 0 aliphatic rings. The fourth-order valence-electron chi connectivity index (χ4n) is 2.35. The van der Waals surface area contributed by atoms with Crippen LogP contribution < -0.4 is 0 Å². The first-order valence-corrected chi connectivity index (χ1v) is 7.00. The zero-order valence-corrected chi connectivity index (χ0v) is 12.4. The van der Waals surface area contributed by atoms with Crippen molar-refractivity contribution in [2.75, 3.05) is 7.11 Å². The molecule has 0 saturated heterocycles. The molecule has 116 valence electrons. The molecule has 1 heterocycles. The van der Waals surface area contributed by atoms with Gasteiger partial charge in [-0.1, -0.05) is 36.4 Å². The number of hydrogen-bond acceptors (Lipinski definition) is 5. The van der Waals surface area contributed by atoms with Gasteiger partial charge >= 0.3 is 11.9 Å².